The van der Waals surface area contributed by atoms with Crippen LogP contribution >= 0.6 is 0 Å². The van der Waals surface area contributed by atoms with Crippen molar-refractivity contribution < 1.29 is 32.6 Å². The van der Waals surface area contributed by atoms with Gasteiger partial charge >= 0.3 is 5.97 Å². The minimum Gasteiger partial charge on any atom is -0.493 e. The van der Waals surface area contributed by atoms with Gasteiger partial charge in [0.1, 0.15) is 28.5 Å². The van der Waals surface area contributed by atoms with Crippen molar-refractivity contribution in [3.63, 3.8) is 0 Å². The number of pyridine rings is 1. The number of benzene rings is 2. The second-order valence-electron chi connectivity index (χ2n) is 7.44. The molecule has 1 amide bonds. The number of hydrogen-bond acceptors (Lipinski definition) is 7. The zero-order valence-electron chi connectivity index (χ0n) is 19.6. The van der Waals surface area contributed by atoms with Gasteiger partial charge in [-0.1, -0.05) is 0 Å². The number of methoxy groups -OCH3 is 2. The first-order valence-electron chi connectivity index (χ1n) is 10.8. The lowest BCUT2D eigenvalue weighted by atomic mass is 9.99. The van der Waals surface area contributed by atoms with Gasteiger partial charge in [-0.3, -0.25) is 4.79 Å². The molecule has 2 heterocycles. The van der Waals surface area contributed by atoms with E-state index in [1.807, 2.05) is 6.92 Å². The Kier molecular flexibility index (Phi) is 6.68. The molecule has 0 aliphatic carbocycles. The molecule has 2 aromatic carbocycles. The van der Waals surface area contributed by atoms with Crippen LogP contribution in [0.5, 0.6) is 11.6 Å². The summed E-state index contributed by atoms with van der Waals surface area (Å²) >= 11 is 0. The maximum atomic E-state index is 13.5. The van der Waals surface area contributed by atoms with Crippen LogP contribution in [0.2, 0.25) is 0 Å². The summed E-state index contributed by atoms with van der Waals surface area (Å²) in [7, 11) is 4.19. The van der Waals surface area contributed by atoms with Crippen molar-refractivity contribution in [1.29, 1.82) is 0 Å². The van der Waals surface area contributed by atoms with Crippen LogP contribution < -0.4 is 14.8 Å². The summed E-state index contributed by atoms with van der Waals surface area (Å²) in [5, 5.41) is 3.14. The smallest absolute Gasteiger partial charge is 0.343 e. The van der Waals surface area contributed by atoms with Crippen LogP contribution in [-0.4, -0.2) is 44.7 Å². The van der Waals surface area contributed by atoms with Crippen LogP contribution in [0.15, 0.2) is 53.1 Å². The maximum Gasteiger partial charge on any atom is 0.343 e. The van der Waals surface area contributed by atoms with Crippen LogP contribution in [0, 0.1) is 5.82 Å². The highest BCUT2D eigenvalue weighted by Crippen LogP contribution is 2.41. The molecule has 9 heteroatoms. The second kappa shape index (κ2) is 9.84. The molecule has 1 N–H and O–H groups in total. The average molecular weight is 478 g/mol. The van der Waals surface area contributed by atoms with E-state index in [0.717, 1.165) is 0 Å². The number of rotatable bonds is 7. The third kappa shape index (κ3) is 4.40. The Labute approximate surface area is 200 Å². The van der Waals surface area contributed by atoms with Gasteiger partial charge in [0.05, 0.1) is 26.4 Å². The van der Waals surface area contributed by atoms with Crippen LogP contribution in [0.1, 0.15) is 27.6 Å². The Balaban J connectivity index is 2.00. The lowest BCUT2D eigenvalue weighted by molar-refractivity contribution is 0.0596. The summed E-state index contributed by atoms with van der Waals surface area (Å²) in [6, 6.07) is 10.7. The molecule has 4 aromatic rings. The number of ether oxygens (including phenoxy) is 3. The van der Waals surface area contributed by atoms with Crippen molar-refractivity contribution in [2.75, 3.05) is 27.9 Å². The van der Waals surface area contributed by atoms with Crippen molar-refractivity contribution in [3.8, 4) is 34.1 Å². The number of carbonyl (C=O) groups excluding carboxylic acids is 2. The zero-order valence-corrected chi connectivity index (χ0v) is 19.6. The molecule has 0 fully saturated rings. The first-order chi connectivity index (χ1) is 16.9. The van der Waals surface area contributed by atoms with Gasteiger partial charge in [0.15, 0.2) is 0 Å². The van der Waals surface area contributed by atoms with Crippen molar-refractivity contribution >= 4 is 22.8 Å². The number of furan rings is 1. The fourth-order valence-corrected chi connectivity index (χ4v) is 3.80. The largest absolute Gasteiger partial charge is 0.493 e. The predicted octanol–water partition coefficient (Wildman–Crippen LogP) is 4.85. The van der Waals surface area contributed by atoms with Gasteiger partial charge in [0.2, 0.25) is 5.88 Å². The van der Waals surface area contributed by atoms with Gasteiger partial charge in [0.25, 0.3) is 5.91 Å². The Morgan fingerprint density at radius 2 is 1.83 bits per heavy atom. The highest BCUT2D eigenvalue weighted by molar-refractivity contribution is 6.12. The maximum absolute atomic E-state index is 13.5. The average Bonchev–Trinajstić information content (AvgIpc) is 3.25. The molecule has 8 nitrogen and oxygen atoms in total. The lowest BCUT2D eigenvalue weighted by Gasteiger charge is -2.13. The van der Waals surface area contributed by atoms with Gasteiger partial charge in [-0.05, 0) is 43.3 Å². The van der Waals surface area contributed by atoms with E-state index in [0.29, 0.717) is 45.8 Å². The molecule has 0 saturated carbocycles. The molecule has 2 aromatic heterocycles. The highest BCUT2D eigenvalue weighted by atomic mass is 19.1. The van der Waals surface area contributed by atoms with Gasteiger partial charge in [-0.2, -0.15) is 0 Å². The standard InChI is InChI=1S/C26H23FN2O6/c1-5-34-20-12-21-18(11-17(20)15-10-19(26(31)33-4)25(32-3)29-13-15)22(24(30)28-2)23(35-21)14-6-8-16(27)9-7-14/h6-13H,5H2,1-4H3,(H,28,30). The molecule has 35 heavy (non-hydrogen) atoms. The second-order valence-corrected chi connectivity index (χ2v) is 7.44. The first kappa shape index (κ1) is 23.7. The molecule has 0 atom stereocenters. The number of amides is 1. The molecular formula is C26H23FN2O6. The third-order valence-electron chi connectivity index (χ3n) is 5.41. The van der Waals surface area contributed by atoms with Gasteiger partial charge < -0.3 is 23.9 Å². The molecule has 0 spiro atoms. The Bertz CT molecular complexity index is 1410. The number of nitrogens with zero attached hydrogens (tertiary/aromatic N) is 1. The van der Waals surface area contributed by atoms with Crippen molar-refractivity contribution in [3.05, 3.63) is 65.6 Å². The molecule has 0 radical (unpaired) electrons. The fourth-order valence-electron chi connectivity index (χ4n) is 3.80. The van der Waals surface area contributed by atoms with Crippen LogP contribution in [-0.2, 0) is 4.74 Å². The highest BCUT2D eigenvalue weighted by Gasteiger charge is 2.25. The van der Waals surface area contributed by atoms with Crippen LogP contribution in [0.4, 0.5) is 4.39 Å². The number of hydrogen-bond donors (Lipinski definition) is 1. The Morgan fingerprint density at radius 1 is 1.09 bits per heavy atom. The molecule has 0 saturated heterocycles. The normalized spacial score (nSPS) is 10.8. The quantitative estimate of drug-likeness (QED) is 0.379. The number of halogens is 1. The van der Waals surface area contributed by atoms with E-state index in [2.05, 4.69) is 10.3 Å². The number of esters is 1. The van der Waals surface area contributed by atoms with E-state index in [-0.39, 0.29) is 22.9 Å². The first-order valence-corrected chi connectivity index (χ1v) is 10.8. The SMILES string of the molecule is CCOc1cc2oc(-c3ccc(F)cc3)c(C(=O)NC)c2cc1-c1cnc(OC)c(C(=O)OC)c1. The molecule has 0 bridgehead atoms. The Hall–Kier alpha value is -4.40. The van der Waals surface area contributed by atoms with Crippen molar-refractivity contribution in [2.24, 2.45) is 0 Å². The van der Waals surface area contributed by atoms with Crippen LogP contribution in [0.3, 0.4) is 0 Å². The molecular weight excluding hydrogens is 455 g/mol. The fraction of sp³-hybridized carbons (Fsp3) is 0.192. The van der Waals surface area contributed by atoms with E-state index in [1.54, 1.807) is 30.3 Å². The summed E-state index contributed by atoms with van der Waals surface area (Å²) in [5.74, 6) is -0.509. The topological polar surface area (TPSA) is 99.9 Å². The van der Waals surface area contributed by atoms with E-state index < -0.39 is 11.8 Å². The predicted molar refractivity (Wildman–Crippen MR) is 127 cm³/mol. The summed E-state index contributed by atoms with van der Waals surface area (Å²) in [5.41, 5.74) is 2.50. The molecule has 0 unspecified atom stereocenters. The monoisotopic (exact) mass is 478 g/mol. The molecule has 4 rings (SSSR count). The van der Waals surface area contributed by atoms with Crippen molar-refractivity contribution in [2.45, 2.75) is 6.92 Å². The van der Waals surface area contributed by atoms with Gasteiger partial charge in [0, 0.05) is 41.4 Å². The van der Waals surface area contributed by atoms with Crippen molar-refractivity contribution in [1.82, 2.24) is 10.3 Å². The zero-order chi connectivity index (χ0) is 25.1. The minimum atomic E-state index is -0.608. The number of carbonyl (C=O) groups is 2. The number of aromatic nitrogens is 1. The molecule has 180 valence electrons. The summed E-state index contributed by atoms with van der Waals surface area (Å²) in [6.45, 7) is 2.20. The lowest BCUT2D eigenvalue weighted by Crippen LogP contribution is -2.18. The summed E-state index contributed by atoms with van der Waals surface area (Å²) < 4.78 is 35.5. The third-order valence-corrected chi connectivity index (χ3v) is 5.41. The van der Waals surface area contributed by atoms with E-state index >= 15 is 0 Å². The summed E-state index contributed by atoms with van der Waals surface area (Å²) in [6.07, 6.45) is 1.54. The minimum absolute atomic E-state index is 0.118. The van der Waals surface area contributed by atoms with E-state index in [4.69, 9.17) is 18.6 Å². The van der Waals surface area contributed by atoms with Gasteiger partial charge in [-0.25, -0.2) is 14.2 Å². The van der Waals surface area contributed by atoms with E-state index in [1.165, 1.54) is 39.6 Å². The van der Waals surface area contributed by atoms with Gasteiger partial charge in [-0.15, -0.1) is 0 Å². The molecule has 0 aliphatic rings. The van der Waals surface area contributed by atoms with E-state index in [9.17, 15) is 14.0 Å². The summed E-state index contributed by atoms with van der Waals surface area (Å²) in [4.78, 5) is 29.4. The number of fused-ring (bicyclic) bond motifs is 1. The molecule has 0 aliphatic heterocycles. The number of nitrogens with one attached hydrogen (secondary N) is 1. The van der Waals surface area contributed by atoms with Crippen LogP contribution in [0.25, 0.3) is 33.4 Å². The Morgan fingerprint density at radius 3 is 2.46 bits per heavy atom.